The van der Waals surface area contributed by atoms with E-state index in [0.29, 0.717) is 28.8 Å². The molecule has 5 aliphatic rings. The number of carbonyl (C=O) groups is 3. The zero-order chi connectivity index (χ0) is 17.5. The Morgan fingerprint density at radius 2 is 1.68 bits per heavy atom. The van der Waals surface area contributed by atoms with Crippen LogP contribution in [0.1, 0.15) is 23.7 Å². The minimum absolute atomic E-state index is 0.108. The van der Waals surface area contributed by atoms with Crippen LogP contribution in [0.25, 0.3) is 0 Å². The van der Waals surface area contributed by atoms with E-state index in [0.717, 1.165) is 6.42 Å². The van der Waals surface area contributed by atoms with Gasteiger partial charge in [0.05, 0.1) is 24.6 Å². The lowest BCUT2D eigenvalue weighted by molar-refractivity contribution is -0.124. The largest absolute Gasteiger partial charge is 0.495 e. The normalized spacial score (nSPS) is 37.1. The van der Waals surface area contributed by atoms with E-state index < -0.39 is 0 Å². The van der Waals surface area contributed by atoms with E-state index in [1.807, 2.05) is 0 Å². The first-order valence-corrected chi connectivity index (χ1v) is 8.78. The lowest BCUT2D eigenvalue weighted by atomic mass is 9.63. The fraction of sp³-hybridized carbons (Fsp3) is 0.450. The molecule has 6 atom stereocenters. The van der Waals surface area contributed by atoms with E-state index in [4.69, 9.17) is 4.74 Å². The molecule has 1 saturated heterocycles. The molecule has 6 rings (SSSR count). The zero-order valence-electron chi connectivity index (χ0n) is 14.1. The molecule has 2 amide bonds. The summed E-state index contributed by atoms with van der Waals surface area (Å²) < 4.78 is 5.37. The first kappa shape index (κ1) is 14.9. The smallest absolute Gasteiger partial charge is 0.238 e. The number of allylic oxidation sites excluding steroid dienone is 2. The van der Waals surface area contributed by atoms with Crippen molar-refractivity contribution in [1.29, 1.82) is 0 Å². The van der Waals surface area contributed by atoms with Crippen molar-refractivity contribution < 1.29 is 19.1 Å². The van der Waals surface area contributed by atoms with Crippen LogP contribution in [0.4, 0.5) is 5.69 Å². The molecule has 0 N–H and O–H groups in total. The topological polar surface area (TPSA) is 63.7 Å². The number of carbonyl (C=O) groups excluding carboxylic acids is 3. The molecule has 0 radical (unpaired) electrons. The summed E-state index contributed by atoms with van der Waals surface area (Å²) in [6.45, 7) is 1.47. The van der Waals surface area contributed by atoms with Crippen LogP contribution < -0.4 is 9.64 Å². The molecule has 2 bridgehead atoms. The fourth-order valence-electron chi connectivity index (χ4n) is 5.28. The molecular formula is C20H19NO4. The van der Waals surface area contributed by atoms with Crippen molar-refractivity contribution in [3.8, 4) is 5.75 Å². The van der Waals surface area contributed by atoms with Gasteiger partial charge in [-0.3, -0.25) is 14.4 Å². The minimum atomic E-state index is -0.253. The van der Waals surface area contributed by atoms with Crippen molar-refractivity contribution in [3.63, 3.8) is 0 Å². The molecule has 0 spiro atoms. The monoisotopic (exact) mass is 337 g/mol. The van der Waals surface area contributed by atoms with Crippen LogP contribution >= 0.6 is 0 Å². The molecule has 4 aliphatic carbocycles. The predicted molar refractivity (Wildman–Crippen MR) is 90.2 cm³/mol. The molecule has 5 heteroatoms. The number of anilines is 1. The molecule has 2 saturated carbocycles. The summed E-state index contributed by atoms with van der Waals surface area (Å²) in [5.41, 5.74) is 0.864. The van der Waals surface area contributed by atoms with Gasteiger partial charge in [0, 0.05) is 5.56 Å². The van der Waals surface area contributed by atoms with Crippen molar-refractivity contribution in [2.24, 2.45) is 35.5 Å². The number of amides is 2. The Balaban J connectivity index is 1.60. The Morgan fingerprint density at radius 3 is 2.20 bits per heavy atom. The van der Waals surface area contributed by atoms with Gasteiger partial charge in [-0.15, -0.1) is 0 Å². The van der Waals surface area contributed by atoms with Gasteiger partial charge in [0.15, 0.2) is 5.78 Å². The molecule has 1 aliphatic heterocycles. The van der Waals surface area contributed by atoms with Gasteiger partial charge in [-0.1, -0.05) is 12.2 Å². The standard InChI is InChI=1S/C20H19NO4/c1-9(22)10-3-6-16(25-2)15(7-10)21-19(23)17-11-4-5-12(14-8-13(11)14)18(17)20(21)24/h3-7,11-14,17-18H,8H2,1-2H3/t11-,12+,13-,14-,17+,18-/m1/s1. The highest BCUT2D eigenvalue weighted by atomic mass is 16.5. The third-order valence-electron chi connectivity index (χ3n) is 6.49. The van der Waals surface area contributed by atoms with Crippen LogP contribution in [-0.4, -0.2) is 24.7 Å². The minimum Gasteiger partial charge on any atom is -0.495 e. The summed E-state index contributed by atoms with van der Waals surface area (Å²) in [6, 6.07) is 4.91. The molecule has 5 nitrogen and oxygen atoms in total. The van der Waals surface area contributed by atoms with Crippen LogP contribution in [0.5, 0.6) is 5.75 Å². The van der Waals surface area contributed by atoms with Crippen LogP contribution in [0, 0.1) is 35.5 Å². The molecule has 128 valence electrons. The van der Waals surface area contributed by atoms with Gasteiger partial charge >= 0.3 is 0 Å². The SMILES string of the molecule is COc1ccc(C(C)=O)cc1N1C(=O)[C@@H]2[C@H]3C=C[C@H]([C@H]4C[C@H]34)[C@@H]2C1=O. The van der Waals surface area contributed by atoms with Gasteiger partial charge in [-0.2, -0.15) is 0 Å². The summed E-state index contributed by atoms with van der Waals surface area (Å²) >= 11 is 0. The average molecular weight is 337 g/mol. The number of nitrogens with zero attached hydrogens (tertiary/aromatic N) is 1. The molecule has 1 heterocycles. The Kier molecular flexibility index (Phi) is 2.86. The van der Waals surface area contributed by atoms with Crippen LogP contribution in [0.2, 0.25) is 0 Å². The third kappa shape index (κ3) is 1.81. The number of imide groups is 1. The Labute approximate surface area is 145 Å². The maximum Gasteiger partial charge on any atom is 0.238 e. The van der Waals surface area contributed by atoms with Crippen LogP contribution in [0.15, 0.2) is 30.4 Å². The summed E-state index contributed by atoms with van der Waals surface area (Å²) in [5.74, 6) is 1.05. The highest BCUT2D eigenvalue weighted by Gasteiger charge is 2.67. The second-order valence-corrected chi connectivity index (χ2v) is 7.61. The van der Waals surface area contributed by atoms with Gasteiger partial charge in [0.1, 0.15) is 5.75 Å². The Bertz CT molecular complexity index is 821. The second-order valence-electron chi connectivity index (χ2n) is 7.61. The number of methoxy groups -OCH3 is 1. The number of ether oxygens (including phenoxy) is 1. The van der Waals surface area contributed by atoms with Crippen LogP contribution in [-0.2, 0) is 9.59 Å². The molecule has 1 aromatic carbocycles. The molecule has 1 aromatic rings. The Hall–Kier alpha value is -2.43. The van der Waals surface area contributed by atoms with Gasteiger partial charge in [-0.25, -0.2) is 4.90 Å². The van der Waals surface area contributed by atoms with Crippen molar-refractivity contribution in [1.82, 2.24) is 0 Å². The Morgan fingerprint density at radius 1 is 1.08 bits per heavy atom. The van der Waals surface area contributed by atoms with Crippen molar-refractivity contribution in [3.05, 3.63) is 35.9 Å². The maximum absolute atomic E-state index is 13.2. The number of benzene rings is 1. The van der Waals surface area contributed by atoms with Gasteiger partial charge in [0.25, 0.3) is 0 Å². The van der Waals surface area contributed by atoms with E-state index in [1.54, 1.807) is 18.2 Å². The first-order chi connectivity index (χ1) is 12.0. The molecule has 0 unspecified atom stereocenters. The first-order valence-electron chi connectivity index (χ1n) is 8.78. The molecule has 3 fully saturated rings. The van der Waals surface area contributed by atoms with E-state index in [9.17, 15) is 14.4 Å². The third-order valence-corrected chi connectivity index (χ3v) is 6.49. The second kappa shape index (κ2) is 4.81. The van der Waals surface area contributed by atoms with Gasteiger partial charge < -0.3 is 4.74 Å². The molecule has 25 heavy (non-hydrogen) atoms. The van der Waals surface area contributed by atoms with Crippen LogP contribution in [0.3, 0.4) is 0 Å². The average Bonchev–Trinajstić information content (AvgIpc) is 3.39. The lowest BCUT2D eigenvalue weighted by Crippen LogP contribution is -2.40. The van der Waals surface area contributed by atoms with Gasteiger partial charge in [0.2, 0.25) is 11.8 Å². The summed E-state index contributed by atoms with van der Waals surface area (Å²) in [5, 5.41) is 0. The number of Topliss-reactive ketones (excluding diaryl/α,β-unsaturated/α-hetero) is 1. The van der Waals surface area contributed by atoms with E-state index in [-0.39, 0.29) is 41.3 Å². The molecule has 0 aromatic heterocycles. The number of ketones is 1. The quantitative estimate of drug-likeness (QED) is 0.483. The highest BCUT2D eigenvalue weighted by molar-refractivity contribution is 6.23. The van der Waals surface area contributed by atoms with E-state index in [1.165, 1.54) is 18.9 Å². The van der Waals surface area contributed by atoms with E-state index >= 15 is 0 Å². The van der Waals surface area contributed by atoms with Crippen molar-refractivity contribution in [2.45, 2.75) is 13.3 Å². The summed E-state index contributed by atoms with van der Waals surface area (Å²) in [6.07, 6.45) is 5.44. The predicted octanol–water partition coefficient (Wildman–Crippen LogP) is 2.46. The number of hydrogen-bond donors (Lipinski definition) is 0. The number of hydrogen-bond acceptors (Lipinski definition) is 4. The fourth-order valence-corrected chi connectivity index (χ4v) is 5.28. The molecular weight excluding hydrogens is 318 g/mol. The van der Waals surface area contributed by atoms with E-state index in [2.05, 4.69) is 12.2 Å². The zero-order valence-corrected chi connectivity index (χ0v) is 14.1. The summed E-state index contributed by atoms with van der Waals surface area (Å²) in [4.78, 5) is 39.4. The summed E-state index contributed by atoms with van der Waals surface area (Å²) in [7, 11) is 1.50. The lowest BCUT2D eigenvalue weighted by Gasteiger charge is -2.37. The van der Waals surface area contributed by atoms with Crippen molar-refractivity contribution in [2.75, 3.05) is 12.0 Å². The number of rotatable bonds is 3. The highest BCUT2D eigenvalue weighted by Crippen LogP contribution is 2.65. The van der Waals surface area contributed by atoms with Crippen molar-refractivity contribution >= 4 is 23.3 Å². The van der Waals surface area contributed by atoms with Gasteiger partial charge in [-0.05, 0) is 55.2 Å². The maximum atomic E-state index is 13.2.